The van der Waals surface area contributed by atoms with Gasteiger partial charge in [-0.2, -0.15) is 0 Å². The summed E-state index contributed by atoms with van der Waals surface area (Å²) in [7, 11) is 1.53. The monoisotopic (exact) mass is 357 g/mol. The molecule has 2 aromatic rings. The maximum Gasteiger partial charge on any atom is 0.325 e. The summed E-state index contributed by atoms with van der Waals surface area (Å²) in [5.74, 6) is -0.100. The molecular weight excluding hydrogens is 337 g/mol. The summed E-state index contributed by atoms with van der Waals surface area (Å²) < 4.78 is 18.3. The average Bonchev–Trinajstić information content (AvgIpc) is 2.96. The standard InChI is InChI=1S/C19H20FN3O3/c1-13-3-8-17(26-2)16(11-13)21-18(24)12-22-9-10-23(19(22)25)15-6-4-14(20)5-7-15/h3-8,11H,9-10,12H2,1-2H3,(H,21,24). The lowest BCUT2D eigenvalue weighted by Crippen LogP contribution is -2.37. The Labute approximate surface area is 151 Å². The summed E-state index contributed by atoms with van der Waals surface area (Å²) in [5.41, 5.74) is 2.17. The van der Waals surface area contributed by atoms with Crippen molar-refractivity contribution in [3.8, 4) is 5.75 Å². The van der Waals surface area contributed by atoms with Crippen LogP contribution in [-0.4, -0.2) is 43.6 Å². The van der Waals surface area contributed by atoms with E-state index in [1.54, 1.807) is 18.2 Å². The molecular formula is C19H20FN3O3. The first kappa shape index (κ1) is 17.7. The molecule has 1 N–H and O–H groups in total. The molecule has 7 heteroatoms. The van der Waals surface area contributed by atoms with Crippen molar-refractivity contribution in [2.24, 2.45) is 0 Å². The highest BCUT2D eigenvalue weighted by molar-refractivity contribution is 5.99. The Morgan fingerprint density at radius 3 is 2.62 bits per heavy atom. The second kappa shape index (κ2) is 7.43. The quantitative estimate of drug-likeness (QED) is 0.895. The third-order valence-corrected chi connectivity index (χ3v) is 4.20. The predicted octanol–water partition coefficient (Wildman–Crippen LogP) is 3.02. The van der Waals surface area contributed by atoms with Gasteiger partial charge >= 0.3 is 6.03 Å². The molecule has 1 heterocycles. The second-order valence-electron chi connectivity index (χ2n) is 6.08. The number of ether oxygens (including phenoxy) is 1. The van der Waals surface area contributed by atoms with Gasteiger partial charge in [-0.25, -0.2) is 9.18 Å². The lowest BCUT2D eigenvalue weighted by Gasteiger charge is -2.19. The Bertz CT molecular complexity index is 823. The van der Waals surface area contributed by atoms with Gasteiger partial charge in [-0.1, -0.05) is 6.07 Å². The molecule has 2 aromatic carbocycles. The van der Waals surface area contributed by atoms with Crippen molar-refractivity contribution in [2.75, 3.05) is 37.0 Å². The minimum atomic E-state index is -0.358. The summed E-state index contributed by atoms with van der Waals surface area (Å²) in [4.78, 5) is 27.8. The number of hydrogen-bond acceptors (Lipinski definition) is 3. The lowest BCUT2D eigenvalue weighted by molar-refractivity contribution is -0.116. The molecule has 0 saturated carbocycles. The van der Waals surface area contributed by atoms with E-state index in [0.29, 0.717) is 30.2 Å². The maximum atomic E-state index is 13.0. The van der Waals surface area contributed by atoms with Gasteiger partial charge in [0.15, 0.2) is 0 Å². The summed E-state index contributed by atoms with van der Waals surface area (Å²) >= 11 is 0. The van der Waals surface area contributed by atoms with Crippen LogP contribution in [0.25, 0.3) is 0 Å². The van der Waals surface area contributed by atoms with E-state index in [2.05, 4.69) is 5.32 Å². The van der Waals surface area contributed by atoms with Crippen LogP contribution in [-0.2, 0) is 4.79 Å². The Hall–Kier alpha value is -3.09. The van der Waals surface area contributed by atoms with Gasteiger partial charge in [-0.15, -0.1) is 0 Å². The van der Waals surface area contributed by atoms with Gasteiger partial charge in [0.2, 0.25) is 5.91 Å². The van der Waals surface area contributed by atoms with Crippen molar-refractivity contribution in [1.29, 1.82) is 0 Å². The van der Waals surface area contributed by atoms with Crippen LogP contribution in [0.2, 0.25) is 0 Å². The highest BCUT2D eigenvalue weighted by Gasteiger charge is 2.30. The molecule has 0 atom stereocenters. The van der Waals surface area contributed by atoms with Crippen LogP contribution in [0.3, 0.4) is 0 Å². The average molecular weight is 357 g/mol. The van der Waals surface area contributed by atoms with E-state index in [1.165, 1.54) is 29.0 Å². The second-order valence-corrected chi connectivity index (χ2v) is 6.08. The fourth-order valence-corrected chi connectivity index (χ4v) is 2.87. The van der Waals surface area contributed by atoms with E-state index < -0.39 is 0 Å². The summed E-state index contributed by atoms with van der Waals surface area (Å²) in [6.45, 7) is 2.73. The van der Waals surface area contributed by atoms with E-state index in [9.17, 15) is 14.0 Å². The summed E-state index contributed by atoms with van der Waals surface area (Å²) in [5, 5.41) is 2.79. The fourth-order valence-electron chi connectivity index (χ4n) is 2.87. The molecule has 136 valence electrons. The first-order chi connectivity index (χ1) is 12.5. The van der Waals surface area contributed by atoms with Crippen LogP contribution >= 0.6 is 0 Å². The fraction of sp³-hybridized carbons (Fsp3) is 0.263. The van der Waals surface area contributed by atoms with Gasteiger partial charge in [0.25, 0.3) is 0 Å². The number of aryl methyl sites for hydroxylation is 1. The molecule has 0 aromatic heterocycles. The smallest absolute Gasteiger partial charge is 0.325 e. The number of anilines is 2. The molecule has 0 unspecified atom stereocenters. The van der Waals surface area contributed by atoms with Crippen LogP contribution in [0.15, 0.2) is 42.5 Å². The molecule has 3 rings (SSSR count). The number of hydrogen-bond donors (Lipinski definition) is 1. The van der Waals surface area contributed by atoms with Crippen molar-refractivity contribution in [3.63, 3.8) is 0 Å². The number of halogens is 1. The van der Waals surface area contributed by atoms with Gasteiger partial charge in [0.05, 0.1) is 12.8 Å². The highest BCUT2D eigenvalue weighted by atomic mass is 19.1. The first-order valence-electron chi connectivity index (χ1n) is 8.24. The van der Waals surface area contributed by atoms with Crippen molar-refractivity contribution in [2.45, 2.75) is 6.92 Å². The normalized spacial score (nSPS) is 13.9. The number of carbonyl (C=O) groups excluding carboxylic acids is 2. The Kier molecular flexibility index (Phi) is 5.06. The van der Waals surface area contributed by atoms with Crippen molar-refractivity contribution < 1.29 is 18.7 Å². The molecule has 0 radical (unpaired) electrons. The zero-order chi connectivity index (χ0) is 18.7. The number of benzene rings is 2. The van der Waals surface area contributed by atoms with E-state index in [0.717, 1.165) is 5.56 Å². The van der Waals surface area contributed by atoms with Gasteiger partial charge in [-0.05, 0) is 48.9 Å². The van der Waals surface area contributed by atoms with Crippen molar-refractivity contribution >= 4 is 23.3 Å². The number of rotatable bonds is 5. The number of carbonyl (C=O) groups is 2. The van der Waals surface area contributed by atoms with E-state index >= 15 is 0 Å². The third kappa shape index (κ3) is 3.77. The number of urea groups is 1. The zero-order valence-corrected chi connectivity index (χ0v) is 14.7. The molecule has 1 aliphatic rings. The lowest BCUT2D eigenvalue weighted by atomic mass is 10.2. The molecule has 0 aliphatic carbocycles. The van der Waals surface area contributed by atoms with Crippen LogP contribution < -0.4 is 15.0 Å². The molecule has 1 saturated heterocycles. The Morgan fingerprint density at radius 2 is 1.92 bits per heavy atom. The Balaban J connectivity index is 1.64. The van der Waals surface area contributed by atoms with Gasteiger partial charge in [0, 0.05) is 18.8 Å². The molecule has 1 fully saturated rings. The topological polar surface area (TPSA) is 61.9 Å². The van der Waals surface area contributed by atoms with Crippen LogP contribution in [0.4, 0.5) is 20.6 Å². The van der Waals surface area contributed by atoms with Gasteiger partial charge in [0.1, 0.15) is 18.1 Å². The van der Waals surface area contributed by atoms with Crippen LogP contribution in [0.1, 0.15) is 5.56 Å². The molecule has 26 heavy (non-hydrogen) atoms. The third-order valence-electron chi connectivity index (χ3n) is 4.20. The molecule has 0 spiro atoms. The van der Waals surface area contributed by atoms with Crippen LogP contribution in [0, 0.1) is 12.7 Å². The number of nitrogens with zero attached hydrogens (tertiary/aromatic N) is 2. The summed E-state index contributed by atoms with van der Waals surface area (Å²) in [6, 6.07) is 10.9. The molecule has 1 aliphatic heterocycles. The first-order valence-corrected chi connectivity index (χ1v) is 8.24. The maximum absolute atomic E-state index is 13.0. The van der Waals surface area contributed by atoms with Gasteiger partial charge < -0.3 is 15.0 Å². The van der Waals surface area contributed by atoms with Crippen molar-refractivity contribution in [3.05, 3.63) is 53.8 Å². The number of amides is 3. The van der Waals surface area contributed by atoms with Gasteiger partial charge in [-0.3, -0.25) is 9.69 Å². The number of methoxy groups -OCH3 is 1. The zero-order valence-electron chi connectivity index (χ0n) is 14.7. The van der Waals surface area contributed by atoms with E-state index in [1.807, 2.05) is 19.1 Å². The summed E-state index contributed by atoms with van der Waals surface area (Å²) in [6.07, 6.45) is 0. The minimum absolute atomic E-state index is 0.0619. The van der Waals surface area contributed by atoms with E-state index in [4.69, 9.17) is 4.74 Å². The largest absolute Gasteiger partial charge is 0.495 e. The van der Waals surface area contributed by atoms with Crippen LogP contribution in [0.5, 0.6) is 5.75 Å². The van der Waals surface area contributed by atoms with E-state index in [-0.39, 0.29) is 24.3 Å². The predicted molar refractivity (Wildman–Crippen MR) is 97.1 cm³/mol. The molecule has 0 bridgehead atoms. The molecule has 6 nitrogen and oxygen atoms in total. The Morgan fingerprint density at radius 1 is 1.19 bits per heavy atom. The number of nitrogens with one attached hydrogen (secondary N) is 1. The van der Waals surface area contributed by atoms with Crippen molar-refractivity contribution in [1.82, 2.24) is 4.90 Å². The minimum Gasteiger partial charge on any atom is -0.495 e. The highest BCUT2D eigenvalue weighted by Crippen LogP contribution is 2.25. The molecule has 3 amide bonds. The SMILES string of the molecule is COc1ccc(C)cc1NC(=O)CN1CCN(c2ccc(F)cc2)C1=O.